The Labute approximate surface area is 153 Å². The van der Waals surface area contributed by atoms with Crippen LogP contribution in [0.3, 0.4) is 0 Å². The molecule has 1 aliphatic heterocycles. The fraction of sp³-hybridized carbons (Fsp3) is 0.300. The number of carbonyl (C=O) groups is 1. The van der Waals surface area contributed by atoms with Crippen molar-refractivity contribution in [1.82, 2.24) is 5.43 Å². The van der Waals surface area contributed by atoms with Crippen LogP contribution in [0.25, 0.3) is 0 Å². The average molecular weight is 353 g/mol. The Morgan fingerprint density at radius 3 is 2.58 bits per heavy atom. The van der Waals surface area contributed by atoms with Crippen LogP contribution in [-0.2, 0) is 4.74 Å². The summed E-state index contributed by atoms with van der Waals surface area (Å²) in [7, 11) is 1.59. The molecule has 3 rings (SSSR count). The summed E-state index contributed by atoms with van der Waals surface area (Å²) in [6.07, 6.45) is 1.67. The summed E-state index contributed by atoms with van der Waals surface area (Å²) >= 11 is 0. The number of rotatable bonds is 5. The maximum Gasteiger partial charge on any atom is 0.271 e. The molecule has 1 N–H and O–H groups in total. The van der Waals surface area contributed by atoms with Gasteiger partial charge in [0, 0.05) is 24.3 Å². The molecule has 1 amide bonds. The predicted octanol–water partition coefficient (Wildman–Crippen LogP) is 2.60. The molecule has 1 saturated heterocycles. The number of carbonyl (C=O) groups excluding carboxylic acids is 1. The molecule has 6 heteroatoms. The van der Waals surface area contributed by atoms with E-state index in [1.807, 2.05) is 13.0 Å². The summed E-state index contributed by atoms with van der Waals surface area (Å²) in [6, 6.07) is 13.1. The van der Waals surface area contributed by atoms with Crippen LogP contribution in [-0.4, -0.2) is 45.5 Å². The third kappa shape index (κ3) is 4.40. The molecule has 2 aromatic rings. The molecule has 6 nitrogen and oxygen atoms in total. The van der Waals surface area contributed by atoms with Gasteiger partial charge in [-0.2, -0.15) is 5.10 Å². The smallest absolute Gasteiger partial charge is 0.271 e. The first kappa shape index (κ1) is 17.9. The highest BCUT2D eigenvalue weighted by Gasteiger charge is 2.11. The number of ether oxygens (including phenoxy) is 2. The third-order valence-electron chi connectivity index (χ3n) is 4.35. The summed E-state index contributed by atoms with van der Waals surface area (Å²) in [4.78, 5) is 14.4. The zero-order valence-corrected chi connectivity index (χ0v) is 15.1. The molecule has 1 heterocycles. The Balaban J connectivity index is 1.61. The Hall–Kier alpha value is -2.86. The molecule has 0 unspecified atom stereocenters. The van der Waals surface area contributed by atoms with Gasteiger partial charge < -0.3 is 14.4 Å². The van der Waals surface area contributed by atoms with Crippen LogP contribution in [0.1, 0.15) is 21.5 Å². The summed E-state index contributed by atoms with van der Waals surface area (Å²) in [5.41, 5.74) is 6.35. The second kappa shape index (κ2) is 8.49. The van der Waals surface area contributed by atoms with Gasteiger partial charge >= 0.3 is 0 Å². The second-order valence-corrected chi connectivity index (χ2v) is 6.07. The zero-order valence-electron chi connectivity index (χ0n) is 15.1. The number of nitrogens with zero attached hydrogens (tertiary/aromatic N) is 2. The summed E-state index contributed by atoms with van der Waals surface area (Å²) < 4.78 is 10.5. The number of anilines is 1. The van der Waals surface area contributed by atoms with Crippen molar-refractivity contribution in [2.75, 3.05) is 38.3 Å². The fourth-order valence-electron chi connectivity index (χ4n) is 2.79. The first-order valence-electron chi connectivity index (χ1n) is 8.58. The van der Waals surface area contributed by atoms with Crippen LogP contribution >= 0.6 is 0 Å². The van der Waals surface area contributed by atoms with Gasteiger partial charge in [-0.05, 0) is 54.4 Å². The molecule has 1 fully saturated rings. The SMILES string of the molecule is COc1ccc(C(=O)N/N=C\c2ccc(N3CCOCC3)cc2C)cc1. The van der Waals surface area contributed by atoms with E-state index in [4.69, 9.17) is 9.47 Å². The minimum atomic E-state index is -0.258. The number of benzene rings is 2. The number of amides is 1. The van der Waals surface area contributed by atoms with Gasteiger partial charge in [0.1, 0.15) is 5.75 Å². The largest absolute Gasteiger partial charge is 0.497 e. The van der Waals surface area contributed by atoms with Gasteiger partial charge in [0.25, 0.3) is 5.91 Å². The van der Waals surface area contributed by atoms with Crippen molar-refractivity contribution in [3.8, 4) is 5.75 Å². The number of hydrogen-bond donors (Lipinski definition) is 1. The Morgan fingerprint density at radius 2 is 1.92 bits per heavy atom. The van der Waals surface area contributed by atoms with Gasteiger partial charge in [0.05, 0.1) is 26.5 Å². The van der Waals surface area contributed by atoms with Gasteiger partial charge in [0.2, 0.25) is 0 Å². The molecule has 0 aliphatic carbocycles. The first-order valence-corrected chi connectivity index (χ1v) is 8.58. The molecule has 0 atom stereocenters. The maximum absolute atomic E-state index is 12.1. The lowest BCUT2D eigenvalue weighted by Gasteiger charge is -2.29. The normalized spacial score (nSPS) is 14.5. The molecule has 0 radical (unpaired) electrons. The van der Waals surface area contributed by atoms with Gasteiger partial charge in [-0.25, -0.2) is 5.43 Å². The van der Waals surface area contributed by atoms with Crippen molar-refractivity contribution in [3.63, 3.8) is 0 Å². The van der Waals surface area contributed by atoms with Crippen molar-refractivity contribution >= 4 is 17.8 Å². The molecule has 1 aliphatic rings. The summed E-state index contributed by atoms with van der Waals surface area (Å²) in [5, 5.41) is 4.07. The van der Waals surface area contributed by atoms with Gasteiger partial charge in [-0.15, -0.1) is 0 Å². The molecule has 0 bridgehead atoms. The molecular weight excluding hydrogens is 330 g/mol. The Morgan fingerprint density at radius 1 is 1.19 bits per heavy atom. The van der Waals surface area contributed by atoms with E-state index in [0.717, 1.165) is 37.4 Å². The maximum atomic E-state index is 12.1. The van der Waals surface area contributed by atoms with E-state index in [9.17, 15) is 4.79 Å². The van der Waals surface area contributed by atoms with E-state index in [0.29, 0.717) is 11.3 Å². The van der Waals surface area contributed by atoms with E-state index >= 15 is 0 Å². The Kier molecular flexibility index (Phi) is 5.86. The highest BCUT2D eigenvalue weighted by Crippen LogP contribution is 2.19. The number of hydrazone groups is 1. The standard InChI is InChI=1S/C20H23N3O3/c1-15-13-18(23-9-11-26-12-10-23)6-3-17(15)14-21-22-20(24)16-4-7-19(25-2)8-5-16/h3-8,13-14H,9-12H2,1-2H3,(H,22,24)/b21-14-. The quantitative estimate of drug-likeness (QED) is 0.663. The van der Waals surface area contributed by atoms with Crippen LogP contribution in [0.15, 0.2) is 47.6 Å². The lowest BCUT2D eigenvalue weighted by molar-refractivity contribution is 0.0955. The van der Waals surface area contributed by atoms with Crippen LogP contribution in [0.2, 0.25) is 0 Å². The summed E-state index contributed by atoms with van der Waals surface area (Å²) in [6.45, 7) is 5.38. The zero-order chi connectivity index (χ0) is 18.4. The lowest BCUT2D eigenvalue weighted by atomic mass is 10.1. The average Bonchev–Trinajstić information content (AvgIpc) is 2.69. The summed E-state index contributed by atoms with van der Waals surface area (Å²) in [5.74, 6) is 0.451. The number of aryl methyl sites for hydroxylation is 1. The highest BCUT2D eigenvalue weighted by molar-refractivity contribution is 5.95. The third-order valence-corrected chi connectivity index (χ3v) is 4.35. The molecule has 0 aromatic heterocycles. The molecule has 0 spiro atoms. The van der Waals surface area contributed by atoms with Crippen LogP contribution in [0, 0.1) is 6.92 Å². The van der Waals surface area contributed by atoms with Crippen molar-refractivity contribution < 1.29 is 14.3 Å². The van der Waals surface area contributed by atoms with Crippen LogP contribution in [0.5, 0.6) is 5.75 Å². The number of nitrogens with one attached hydrogen (secondary N) is 1. The molecular formula is C20H23N3O3. The highest BCUT2D eigenvalue weighted by atomic mass is 16.5. The number of hydrogen-bond acceptors (Lipinski definition) is 5. The molecule has 2 aromatic carbocycles. The lowest BCUT2D eigenvalue weighted by Crippen LogP contribution is -2.36. The number of morpholine rings is 1. The van der Waals surface area contributed by atoms with Crippen molar-refractivity contribution in [2.45, 2.75) is 6.92 Å². The van der Waals surface area contributed by atoms with E-state index < -0.39 is 0 Å². The fourth-order valence-corrected chi connectivity index (χ4v) is 2.79. The molecule has 26 heavy (non-hydrogen) atoms. The van der Waals surface area contributed by atoms with E-state index in [1.165, 1.54) is 5.69 Å². The molecule has 0 saturated carbocycles. The number of methoxy groups -OCH3 is 1. The van der Waals surface area contributed by atoms with E-state index in [1.54, 1.807) is 37.6 Å². The van der Waals surface area contributed by atoms with E-state index in [2.05, 4.69) is 27.6 Å². The topological polar surface area (TPSA) is 63.2 Å². The van der Waals surface area contributed by atoms with Crippen molar-refractivity contribution in [2.24, 2.45) is 5.10 Å². The molecule has 136 valence electrons. The van der Waals surface area contributed by atoms with Crippen molar-refractivity contribution in [1.29, 1.82) is 0 Å². The first-order chi connectivity index (χ1) is 12.7. The van der Waals surface area contributed by atoms with Crippen molar-refractivity contribution in [3.05, 3.63) is 59.2 Å². The second-order valence-electron chi connectivity index (χ2n) is 6.07. The Bertz CT molecular complexity index is 781. The van der Waals surface area contributed by atoms with E-state index in [-0.39, 0.29) is 5.91 Å². The van der Waals surface area contributed by atoms with Gasteiger partial charge in [0.15, 0.2) is 0 Å². The van der Waals surface area contributed by atoms with Crippen LogP contribution in [0.4, 0.5) is 5.69 Å². The minimum Gasteiger partial charge on any atom is -0.497 e. The van der Waals surface area contributed by atoms with Gasteiger partial charge in [-0.1, -0.05) is 6.07 Å². The monoisotopic (exact) mass is 353 g/mol. The van der Waals surface area contributed by atoms with Crippen LogP contribution < -0.4 is 15.1 Å². The predicted molar refractivity (Wildman–Crippen MR) is 102 cm³/mol. The minimum absolute atomic E-state index is 0.258. The van der Waals surface area contributed by atoms with Gasteiger partial charge in [-0.3, -0.25) is 4.79 Å².